The first-order chi connectivity index (χ1) is 8.15. The summed E-state index contributed by atoms with van der Waals surface area (Å²) in [5.41, 5.74) is 0.530. The van der Waals surface area contributed by atoms with Crippen molar-refractivity contribution in [2.75, 3.05) is 25.0 Å². The predicted octanol–water partition coefficient (Wildman–Crippen LogP) is 1.55. The van der Waals surface area contributed by atoms with Gasteiger partial charge in [0.15, 0.2) is 0 Å². The van der Waals surface area contributed by atoms with Gasteiger partial charge in [-0.1, -0.05) is 6.07 Å². The Morgan fingerprint density at radius 3 is 3.12 bits per heavy atom. The number of hydrogen-bond donors (Lipinski definition) is 1. The minimum Gasteiger partial charge on any atom is -0.359 e. The zero-order valence-electron chi connectivity index (χ0n) is 9.01. The lowest BCUT2D eigenvalue weighted by atomic mass is 10.2. The number of hydrogen-bond acceptors (Lipinski definition) is 5. The molecular formula is C10H12FN3O3. The highest BCUT2D eigenvalue weighted by Gasteiger charge is 2.20. The van der Waals surface area contributed by atoms with Crippen LogP contribution in [0.1, 0.15) is 0 Å². The summed E-state index contributed by atoms with van der Waals surface area (Å²) in [6.45, 7) is 0.638. The van der Waals surface area contributed by atoms with E-state index in [-0.39, 0.29) is 18.8 Å². The van der Waals surface area contributed by atoms with Gasteiger partial charge in [0.25, 0.3) is 5.69 Å². The molecule has 1 saturated heterocycles. The molecule has 1 aliphatic rings. The predicted molar refractivity (Wildman–Crippen MR) is 59.1 cm³/mol. The molecule has 0 aliphatic carbocycles. The Kier molecular flexibility index (Phi) is 3.50. The average Bonchev–Trinajstić information content (AvgIpc) is 2.29. The molecule has 1 fully saturated rings. The Morgan fingerprint density at radius 2 is 2.41 bits per heavy atom. The lowest BCUT2D eigenvalue weighted by Crippen LogP contribution is -2.42. The summed E-state index contributed by atoms with van der Waals surface area (Å²) in [4.78, 5) is 10.1. The lowest BCUT2D eigenvalue weighted by molar-refractivity contribution is -0.384. The van der Waals surface area contributed by atoms with E-state index in [4.69, 9.17) is 4.74 Å². The molecule has 0 bridgehead atoms. The van der Waals surface area contributed by atoms with Crippen LogP contribution in [-0.2, 0) is 4.74 Å². The molecule has 17 heavy (non-hydrogen) atoms. The summed E-state index contributed by atoms with van der Waals surface area (Å²) < 4.78 is 18.2. The smallest absolute Gasteiger partial charge is 0.271 e. The van der Waals surface area contributed by atoms with E-state index in [1.165, 1.54) is 12.1 Å². The SMILES string of the molecule is O=[N+]([O-])c1cccc(NC2CN(F)CCO2)c1. The van der Waals surface area contributed by atoms with Crippen molar-refractivity contribution in [1.29, 1.82) is 0 Å². The second-order valence-corrected chi connectivity index (χ2v) is 3.68. The van der Waals surface area contributed by atoms with Crippen LogP contribution in [0.2, 0.25) is 0 Å². The van der Waals surface area contributed by atoms with Gasteiger partial charge >= 0.3 is 0 Å². The molecule has 1 aromatic rings. The first kappa shape index (κ1) is 11.7. The van der Waals surface area contributed by atoms with Crippen LogP contribution in [0.3, 0.4) is 0 Å². The lowest BCUT2D eigenvalue weighted by Gasteiger charge is -2.28. The summed E-state index contributed by atoms with van der Waals surface area (Å²) in [5, 5.41) is 14.1. The van der Waals surface area contributed by atoms with Gasteiger partial charge in [-0.25, -0.2) is 0 Å². The normalized spacial score (nSPS) is 21.1. The molecule has 0 saturated carbocycles. The van der Waals surface area contributed by atoms with Gasteiger partial charge in [0.05, 0.1) is 24.6 Å². The number of anilines is 1. The van der Waals surface area contributed by atoms with E-state index in [0.29, 0.717) is 17.4 Å². The van der Waals surface area contributed by atoms with Crippen molar-refractivity contribution in [2.45, 2.75) is 6.23 Å². The summed E-state index contributed by atoms with van der Waals surface area (Å²) in [7, 11) is 0. The number of non-ortho nitro benzene ring substituents is 1. The van der Waals surface area contributed by atoms with E-state index < -0.39 is 11.2 Å². The van der Waals surface area contributed by atoms with Gasteiger partial charge in [-0.2, -0.15) is 0 Å². The van der Waals surface area contributed by atoms with Gasteiger partial charge in [0, 0.05) is 17.8 Å². The van der Waals surface area contributed by atoms with E-state index in [9.17, 15) is 14.6 Å². The van der Waals surface area contributed by atoms with E-state index in [1.807, 2.05) is 0 Å². The Morgan fingerprint density at radius 1 is 1.59 bits per heavy atom. The quantitative estimate of drug-likeness (QED) is 0.494. The van der Waals surface area contributed by atoms with E-state index in [2.05, 4.69) is 5.32 Å². The van der Waals surface area contributed by atoms with Crippen LogP contribution in [0.5, 0.6) is 0 Å². The summed E-state index contributed by atoms with van der Waals surface area (Å²) >= 11 is 0. The van der Waals surface area contributed by atoms with Crippen molar-refractivity contribution in [3.63, 3.8) is 0 Å². The van der Waals surface area contributed by atoms with Crippen LogP contribution in [-0.4, -0.2) is 36.0 Å². The third kappa shape index (κ3) is 3.11. The molecule has 0 amide bonds. The summed E-state index contributed by atoms with van der Waals surface area (Å²) in [6, 6.07) is 6.03. The molecular weight excluding hydrogens is 229 g/mol. The van der Waals surface area contributed by atoms with Gasteiger partial charge in [0.2, 0.25) is 0 Å². The average molecular weight is 241 g/mol. The monoisotopic (exact) mass is 241 g/mol. The molecule has 1 unspecified atom stereocenters. The highest BCUT2D eigenvalue weighted by Crippen LogP contribution is 2.18. The maximum absolute atomic E-state index is 12.9. The highest BCUT2D eigenvalue weighted by molar-refractivity contribution is 5.51. The van der Waals surface area contributed by atoms with E-state index in [0.717, 1.165) is 0 Å². The molecule has 2 rings (SSSR count). The number of benzene rings is 1. The number of nitro benzene ring substituents is 1. The molecule has 6 nitrogen and oxygen atoms in total. The van der Waals surface area contributed by atoms with Gasteiger partial charge in [-0.05, 0) is 6.07 Å². The Bertz CT molecular complexity index is 416. The van der Waals surface area contributed by atoms with Gasteiger partial charge in [0.1, 0.15) is 6.23 Å². The molecule has 0 spiro atoms. The van der Waals surface area contributed by atoms with Crippen molar-refractivity contribution in [3.05, 3.63) is 34.4 Å². The molecule has 0 aromatic heterocycles. The first-order valence-corrected chi connectivity index (χ1v) is 5.18. The van der Waals surface area contributed by atoms with Crippen molar-refractivity contribution in [1.82, 2.24) is 5.12 Å². The fourth-order valence-corrected chi connectivity index (χ4v) is 1.60. The second kappa shape index (κ2) is 5.07. The molecule has 7 heteroatoms. The van der Waals surface area contributed by atoms with Crippen molar-refractivity contribution in [3.8, 4) is 0 Å². The maximum Gasteiger partial charge on any atom is 0.271 e. The Balaban J connectivity index is 2.02. The third-order valence-electron chi connectivity index (χ3n) is 2.40. The van der Waals surface area contributed by atoms with Crippen LogP contribution in [0.4, 0.5) is 15.9 Å². The van der Waals surface area contributed by atoms with E-state index >= 15 is 0 Å². The van der Waals surface area contributed by atoms with Gasteiger partial charge in [-0.15, -0.1) is 9.60 Å². The summed E-state index contributed by atoms with van der Waals surface area (Å²) in [5.74, 6) is 0. The zero-order chi connectivity index (χ0) is 12.3. The number of morpholine rings is 1. The molecule has 1 aromatic carbocycles. The van der Waals surface area contributed by atoms with Crippen molar-refractivity contribution in [2.24, 2.45) is 0 Å². The fraction of sp³-hybridized carbons (Fsp3) is 0.400. The van der Waals surface area contributed by atoms with Crippen LogP contribution in [0, 0.1) is 10.1 Å². The molecule has 92 valence electrons. The van der Waals surface area contributed by atoms with Gasteiger partial charge in [-0.3, -0.25) is 10.1 Å². The minimum absolute atomic E-state index is 0.0112. The van der Waals surface area contributed by atoms with Crippen LogP contribution in [0.25, 0.3) is 0 Å². The van der Waals surface area contributed by atoms with Gasteiger partial charge < -0.3 is 10.1 Å². The topological polar surface area (TPSA) is 67.6 Å². The number of nitrogens with one attached hydrogen (secondary N) is 1. The Hall–Kier alpha value is -1.73. The largest absolute Gasteiger partial charge is 0.359 e. The molecule has 1 N–H and O–H groups in total. The molecule has 1 heterocycles. The fourth-order valence-electron chi connectivity index (χ4n) is 1.60. The first-order valence-electron chi connectivity index (χ1n) is 5.18. The maximum atomic E-state index is 12.9. The number of nitro groups is 1. The van der Waals surface area contributed by atoms with Crippen LogP contribution in [0.15, 0.2) is 24.3 Å². The second-order valence-electron chi connectivity index (χ2n) is 3.68. The summed E-state index contributed by atoms with van der Waals surface area (Å²) in [6.07, 6.45) is -0.490. The van der Waals surface area contributed by atoms with Crippen molar-refractivity contribution >= 4 is 11.4 Å². The van der Waals surface area contributed by atoms with Crippen LogP contribution < -0.4 is 5.32 Å². The Labute approximate surface area is 97.1 Å². The third-order valence-corrected chi connectivity index (χ3v) is 2.40. The molecule has 1 atom stereocenters. The number of nitrogens with zero attached hydrogens (tertiary/aromatic N) is 2. The highest BCUT2D eigenvalue weighted by atomic mass is 19.2. The molecule has 1 aliphatic heterocycles. The standard InChI is InChI=1S/C10H12FN3O3/c11-13-4-5-17-10(7-13)12-8-2-1-3-9(6-8)14(15)16/h1-3,6,10,12H,4-5,7H2. The van der Waals surface area contributed by atoms with Crippen molar-refractivity contribution < 1.29 is 14.1 Å². The molecule has 0 radical (unpaired) electrons. The number of ether oxygens (including phenoxy) is 1. The minimum atomic E-state index is -0.490. The number of rotatable bonds is 3. The zero-order valence-corrected chi connectivity index (χ0v) is 9.01. The van der Waals surface area contributed by atoms with Crippen LogP contribution >= 0.6 is 0 Å². The number of halogens is 1. The van der Waals surface area contributed by atoms with E-state index in [1.54, 1.807) is 12.1 Å².